The zero-order valence-electron chi connectivity index (χ0n) is 8.99. The van der Waals surface area contributed by atoms with E-state index in [2.05, 4.69) is 20.3 Å². The van der Waals surface area contributed by atoms with Crippen molar-refractivity contribution >= 4 is 0 Å². The van der Waals surface area contributed by atoms with Crippen molar-refractivity contribution in [3.8, 4) is 0 Å². The summed E-state index contributed by atoms with van der Waals surface area (Å²) in [6.45, 7) is 4.00. The van der Waals surface area contributed by atoms with Crippen LogP contribution < -0.4 is 0 Å². The topological polar surface area (TPSA) is 61.4 Å². The Kier molecular flexibility index (Phi) is 6.93. The van der Waals surface area contributed by atoms with Crippen molar-refractivity contribution in [1.82, 2.24) is 29.8 Å². The molecule has 0 bridgehead atoms. The number of aryl methyl sites for hydroxylation is 2. The molecule has 0 fully saturated rings. The fraction of sp³-hybridized carbons (Fsp3) is 0.500. The molecule has 0 saturated heterocycles. The normalized spacial score (nSPS) is 8.00. The van der Waals surface area contributed by atoms with Crippen molar-refractivity contribution in [3.63, 3.8) is 0 Å². The molecule has 14 heavy (non-hydrogen) atoms. The summed E-state index contributed by atoms with van der Waals surface area (Å²) in [5.41, 5.74) is 0. The second kappa shape index (κ2) is 7.90. The first-order valence-electron chi connectivity index (χ1n) is 4.38. The second-order valence-electron chi connectivity index (χ2n) is 2.09. The van der Waals surface area contributed by atoms with Gasteiger partial charge < -0.3 is 0 Å². The fourth-order valence-corrected chi connectivity index (χ4v) is 0.550. The molecule has 78 valence electrons. The Balaban J connectivity index is 0.000000206. The van der Waals surface area contributed by atoms with Crippen molar-refractivity contribution in [2.75, 3.05) is 0 Å². The molecule has 0 atom stereocenters. The predicted molar refractivity (Wildman–Crippen MR) is 53.4 cm³/mol. The highest BCUT2D eigenvalue weighted by molar-refractivity contribution is 4.57. The molecule has 0 aliphatic heterocycles. The third-order valence-corrected chi connectivity index (χ3v) is 1.07. The minimum Gasteiger partial charge on any atom is -0.256 e. The molecular weight excluding hydrogens is 180 g/mol. The van der Waals surface area contributed by atoms with Crippen LogP contribution in [0, 0.1) is 0 Å². The highest BCUT2D eigenvalue weighted by atomic mass is 15.4. The van der Waals surface area contributed by atoms with Crippen LogP contribution in [-0.2, 0) is 14.1 Å². The summed E-state index contributed by atoms with van der Waals surface area (Å²) in [5, 5.41) is 11.2. The smallest absolute Gasteiger partial charge is 0.137 e. The molecular formula is C8H16N6. The highest BCUT2D eigenvalue weighted by Gasteiger charge is 1.71. The average Bonchev–Trinajstić information content (AvgIpc) is 2.83. The van der Waals surface area contributed by atoms with Gasteiger partial charge in [0.15, 0.2) is 0 Å². The van der Waals surface area contributed by atoms with Crippen LogP contribution >= 0.6 is 0 Å². The molecule has 0 spiro atoms. The van der Waals surface area contributed by atoms with Gasteiger partial charge in [-0.05, 0) is 0 Å². The van der Waals surface area contributed by atoms with E-state index in [1.165, 1.54) is 11.1 Å². The van der Waals surface area contributed by atoms with Gasteiger partial charge in [0, 0.05) is 14.1 Å². The number of hydrogen-bond donors (Lipinski definition) is 0. The minimum atomic E-state index is 1.50. The van der Waals surface area contributed by atoms with E-state index in [1.54, 1.807) is 30.5 Å². The molecule has 0 unspecified atom stereocenters. The van der Waals surface area contributed by atoms with Crippen LogP contribution in [0.3, 0.4) is 0 Å². The molecule has 0 aliphatic carbocycles. The monoisotopic (exact) mass is 196 g/mol. The third-order valence-electron chi connectivity index (χ3n) is 1.07. The van der Waals surface area contributed by atoms with E-state index < -0.39 is 0 Å². The molecule has 0 aromatic carbocycles. The van der Waals surface area contributed by atoms with E-state index in [-0.39, 0.29) is 0 Å². The SMILES string of the molecule is CC.Cn1cncn1.Cn1nccn1. The van der Waals surface area contributed by atoms with E-state index >= 15 is 0 Å². The van der Waals surface area contributed by atoms with E-state index in [9.17, 15) is 0 Å². The lowest BCUT2D eigenvalue weighted by Crippen LogP contribution is -1.89. The molecule has 0 amide bonds. The van der Waals surface area contributed by atoms with Crippen molar-refractivity contribution in [2.24, 2.45) is 14.1 Å². The van der Waals surface area contributed by atoms with Crippen LogP contribution in [0.15, 0.2) is 25.0 Å². The second-order valence-corrected chi connectivity index (χ2v) is 2.09. The van der Waals surface area contributed by atoms with Crippen LogP contribution in [0.2, 0.25) is 0 Å². The van der Waals surface area contributed by atoms with E-state index in [0.717, 1.165) is 0 Å². The van der Waals surface area contributed by atoms with Crippen LogP contribution in [0.4, 0.5) is 0 Å². The molecule has 2 aromatic rings. The van der Waals surface area contributed by atoms with Gasteiger partial charge in [0.2, 0.25) is 0 Å². The summed E-state index contributed by atoms with van der Waals surface area (Å²) >= 11 is 0. The van der Waals surface area contributed by atoms with Gasteiger partial charge in [0.25, 0.3) is 0 Å². The van der Waals surface area contributed by atoms with Gasteiger partial charge in [-0.2, -0.15) is 20.1 Å². The molecule has 2 aromatic heterocycles. The average molecular weight is 196 g/mol. The first-order valence-corrected chi connectivity index (χ1v) is 4.38. The summed E-state index contributed by atoms with van der Waals surface area (Å²) in [6, 6.07) is 0. The molecule has 0 radical (unpaired) electrons. The quantitative estimate of drug-likeness (QED) is 0.621. The van der Waals surface area contributed by atoms with Crippen LogP contribution in [-0.4, -0.2) is 29.8 Å². The van der Waals surface area contributed by atoms with Gasteiger partial charge in [-0.1, -0.05) is 13.8 Å². The number of rotatable bonds is 0. The Hall–Kier alpha value is -1.72. The van der Waals surface area contributed by atoms with Crippen molar-refractivity contribution < 1.29 is 0 Å². The van der Waals surface area contributed by atoms with Gasteiger partial charge in [-0.3, -0.25) is 4.68 Å². The van der Waals surface area contributed by atoms with Crippen LogP contribution in [0.25, 0.3) is 0 Å². The highest BCUT2D eigenvalue weighted by Crippen LogP contribution is 1.65. The Labute approximate surface area is 83.6 Å². The number of nitrogens with zero attached hydrogens (tertiary/aromatic N) is 6. The lowest BCUT2D eigenvalue weighted by atomic mass is 11.0. The first kappa shape index (κ1) is 12.3. The van der Waals surface area contributed by atoms with E-state index in [0.29, 0.717) is 0 Å². The molecule has 0 saturated carbocycles. The summed E-state index contributed by atoms with van der Waals surface area (Å²) in [4.78, 5) is 5.17. The first-order chi connectivity index (χ1) is 6.79. The maximum atomic E-state index is 3.72. The summed E-state index contributed by atoms with van der Waals surface area (Å²) in [5.74, 6) is 0. The van der Waals surface area contributed by atoms with Crippen LogP contribution in [0.1, 0.15) is 13.8 Å². The van der Waals surface area contributed by atoms with E-state index in [1.807, 2.05) is 20.9 Å². The molecule has 2 heterocycles. The lowest BCUT2D eigenvalue weighted by molar-refractivity contribution is 0.654. The lowest BCUT2D eigenvalue weighted by Gasteiger charge is -1.75. The Morgan fingerprint density at radius 3 is 1.64 bits per heavy atom. The fourth-order valence-electron chi connectivity index (χ4n) is 0.550. The molecule has 2 rings (SSSR count). The predicted octanol–water partition coefficient (Wildman–Crippen LogP) is 0.656. The molecule has 6 nitrogen and oxygen atoms in total. The Morgan fingerprint density at radius 2 is 1.50 bits per heavy atom. The van der Waals surface area contributed by atoms with Crippen molar-refractivity contribution in [2.45, 2.75) is 13.8 Å². The van der Waals surface area contributed by atoms with Gasteiger partial charge in [-0.15, -0.1) is 0 Å². The third kappa shape index (κ3) is 5.87. The van der Waals surface area contributed by atoms with Gasteiger partial charge >= 0.3 is 0 Å². The standard InChI is InChI=1S/2C3H5N3.C2H6/c1-6-3-4-2-5-6;1-6-4-2-3-5-6;1-2/h2*2-3H,1H3;1-2H3. The maximum absolute atomic E-state index is 3.72. The van der Waals surface area contributed by atoms with Gasteiger partial charge in [0.1, 0.15) is 12.7 Å². The van der Waals surface area contributed by atoms with Crippen molar-refractivity contribution in [3.05, 3.63) is 25.0 Å². The van der Waals surface area contributed by atoms with E-state index in [4.69, 9.17) is 0 Å². The van der Waals surface area contributed by atoms with Crippen molar-refractivity contribution in [1.29, 1.82) is 0 Å². The van der Waals surface area contributed by atoms with Crippen LogP contribution in [0.5, 0.6) is 0 Å². The molecule has 6 heteroatoms. The minimum absolute atomic E-state index is 1.50. The summed E-state index contributed by atoms with van der Waals surface area (Å²) in [7, 11) is 3.60. The van der Waals surface area contributed by atoms with Gasteiger partial charge in [-0.25, -0.2) is 4.98 Å². The largest absolute Gasteiger partial charge is 0.256 e. The number of aromatic nitrogens is 6. The maximum Gasteiger partial charge on any atom is 0.137 e. The summed E-state index contributed by atoms with van der Waals surface area (Å²) in [6.07, 6.45) is 6.42. The summed E-state index contributed by atoms with van der Waals surface area (Å²) < 4.78 is 1.64. The Morgan fingerprint density at radius 1 is 0.929 bits per heavy atom. The number of hydrogen-bond acceptors (Lipinski definition) is 4. The van der Waals surface area contributed by atoms with Gasteiger partial charge in [0.05, 0.1) is 12.4 Å². The molecule has 0 aliphatic rings. The Bertz CT molecular complexity index is 253. The zero-order chi connectivity index (χ0) is 10.8. The zero-order valence-corrected chi connectivity index (χ0v) is 8.99. The molecule has 0 N–H and O–H groups in total.